The first-order valence-corrected chi connectivity index (χ1v) is 10.3. The Kier molecular flexibility index (Phi) is 5.28. The zero-order valence-corrected chi connectivity index (χ0v) is 16.0. The Morgan fingerprint density at radius 3 is 2.62 bits per heavy atom. The maximum Gasteiger partial charge on any atom is 0.255 e. The Bertz CT molecular complexity index is 617. The highest BCUT2D eigenvalue weighted by Gasteiger charge is 2.42. The summed E-state index contributed by atoms with van der Waals surface area (Å²) >= 11 is 0. The van der Waals surface area contributed by atoms with E-state index in [1.165, 1.54) is 38.8 Å². The monoisotopic (exact) mass is 357 g/mol. The van der Waals surface area contributed by atoms with Crippen molar-refractivity contribution in [3.05, 3.63) is 29.6 Å². The number of ether oxygens (including phenoxy) is 1. The number of amides is 1. The van der Waals surface area contributed by atoms with Crippen LogP contribution < -0.4 is 0 Å². The molecule has 1 amide bonds. The summed E-state index contributed by atoms with van der Waals surface area (Å²) in [5, 5.41) is 0. The highest BCUT2D eigenvalue weighted by molar-refractivity contribution is 5.94. The first-order valence-electron chi connectivity index (χ1n) is 10.3. The van der Waals surface area contributed by atoms with Crippen LogP contribution in [0.3, 0.4) is 0 Å². The van der Waals surface area contributed by atoms with E-state index in [-0.39, 0.29) is 11.5 Å². The molecule has 1 unspecified atom stereocenters. The van der Waals surface area contributed by atoms with Crippen LogP contribution in [0.15, 0.2) is 18.3 Å². The molecule has 0 N–H and O–H groups in total. The predicted octanol–water partition coefficient (Wildman–Crippen LogP) is 3.03. The summed E-state index contributed by atoms with van der Waals surface area (Å²) in [6.07, 6.45) is 10.0. The van der Waals surface area contributed by atoms with Crippen molar-refractivity contribution in [2.45, 2.75) is 63.5 Å². The highest BCUT2D eigenvalue weighted by Crippen LogP contribution is 2.37. The zero-order chi connectivity index (χ0) is 18.0. The van der Waals surface area contributed by atoms with Crippen LogP contribution in [-0.4, -0.2) is 65.1 Å². The summed E-state index contributed by atoms with van der Waals surface area (Å²) < 4.78 is 6.30. The second-order valence-electron chi connectivity index (χ2n) is 8.26. The summed E-state index contributed by atoms with van der Waals surface area (Å²) in [4.78, 5) is 21.7. The molecule has 0 aliphatic carbocycles. The van der Waals surface area contributed by atoms with Crippen molar-refractivity contribution in [1.82, 2.24) is 14.8 Å². The number of likely N-dealkylation sites (tertiary alicyclic amines) is 2. The lowest BCUT2D eigenvalue weighted by Crippen LogP contribution is -2.55. The van der Waals surface area contributed by atoms with Crippen LogP contribution in [0.4, 0.5) is 0 Å². The normalized spacial score (nSPS) is 26.8. The summed E-state index contributed by atoms with van der Waals surface area (Å²) in [7, 11) is 0. The number of nitrogens with zero attached hydrogens (tertiary/aromatic N) is 3. The number of carbonyl (C=O) groups excluding carboxylic acids is 1. The Morgan fingerprint density at radius 1 is 1.15 bits per heavy atom. The molecule has 1 aromatic rings. The van der Waals surface area contributed by atoms with Gasteiger partial charge in [-0.25, -0.2) is 0 Å². The summed E-state index contributed by atoms with van der Waals surface area (Å²) in [5.74, 6) is 0.107. The minimum atomic E-state index is -0.0112. The molecular formula is C21H31N3O2. The van der Waals surface area contributed by atoms with Crippen LogP contribution in [0.1, 0.15) is 61.0 Å². The molecule has 3 fully saturated rings. The van der Waals surface area contributed by atoms with Crippen molar-refractivity contribution in [3.63, 3.8) is 0 Å². The van der Waals surface area contributed by atoms with Crippen LogP contribution in [0, 0.1) is 6.92 Å². The number of rotatable bonds is 2. The number of piperidine rings is 2. The SMILES string of the molecule is Cc1ccc(C(=O)N2CCC3(CC2)CC(N2CCCCC2)CCO3)cn1. The van der Waals surface area contributed by atoms with Gasteiger partial charge in [-0.2, -0.15) is 0 Å². The van der Waals surface area contributed by atoms with Gasteiger partial charge in [0.2, 0.25) is 0 Å². The average molecular weight is 357 g/mol. The standard InChI is InChI=1S/C21H31N3O2/c1-17-5-6-18(16-22-17)20(25)24-12-8-21(9-13-24)15-19(7-14-26-21)23-10-3-2-4-11-23/h5-6,16,19H,2-4,7-15H2,1H3. The van der Waals surface area contributed by atoms with Gasteiger partial charge in [-0.3, -0.25) is 9.78 Å². The molecule has 4 rings (SSSR count). The molecule has 1 aromatic heterocycles. The van der Waals surface area contributed by atoms with Crippen LogP contribution >= 0.6 is 0 Å². The van der Waals surface area contributed by atoms with E-state index in [0.717, 1.165) is 44.7 Å². The molecule has 4 heterocycles. The second-order valence-corrected chi connectivity index (χ2v) is 8.26. The molecule has 26 heavy (non-hydrogen) atoms. The van der Waals surface area contributed by atoms with Crippen molar-refractivity contribution < 1.29 is 9.53 Å². The van der Waals surface area contributed by atoms with E-state index in [0.29, 0.717) is 11.6 Å². The maximum atomic E-state index is 12.7. The van der Waals surface area contributed by atoms with Crippen molar-refractivity contribution in [2.75, 3.05) is 32.8 Å². The lowest BCUT2D eigenvalue weighted by molar-refractivity contribution is -0.131. The van der Waals surface area contributed by atoms with Gasteiger partial charge >= 0.3 is 0 Å². The second kappa shape index (κ2) is 7.65. The molecule has 0 radical (unpaired) electrons. The van der Waals surface area contributed by atoms with Gasteiger partial charge in [0.15, 0.2) is 0 Å². The van der Waals surface area contributed by atoms with E-state index >= 15 is 0 Å². The lowest BCUT2D eigenvalue weighted by atomic mass is 9.81. The smallest absolute Gasteiger partial charge is 0.255 e. The van der Waals surface area contributed by atoms with Gasteiger partial charge < -0.3 is 14.5 Å². The van der Waals surface area contributed by atoms with Crippen LogP contribution in [0.2, 0.25) is 0 Å². The Balaban J connectivity index is 1.36. The topological polar surface area (TPSA) is 45.7 Å². The average Bonchev–Trinajstić information content (AvgIpc) is 2.69. The van der Waals surface area contributed by atoms with Crippen molar-refractivity contribution in [3.8, 4) is 0 Å². The number of pyridine rings is 1. The summed E-state index contributed by atoms with van der Waals surface area (Å²) in [6, 6.07) is 4.47. The molecular weight excluding hydrogens is 326 g/mol. The van der Waals surface area contributed by atoms with E-state index in [1.54, 1.807) is 6.20 Å². The number of aryl methyl sites for hydroxylation is 1. The number of aromatic nitrogens is 1. The molecule has 1 spiro atoms. The van der Waals surface area contributed by atoms with Crippen LogP contribution in [0.25, 0.3) is 0 Å². The highest BCUT2D eigenvalue weighted by atomic mass is 16.5. The largest absolute Gasteiger partial charge is 0.375 e. The third-order valence-corrected chi connectivity index (χ3v) is 6.49. The molecule has 3 aliphatic rings. The minimum Gasteiger partial charge on any atom is -0.375 e. The van der Waals surface area contributed by atoms with Crippen molar-refractivity contribution in [1.29, 1.82) is 0 Å². The lowest BCUT2D eigenvalue weighted by Gasteiger charge is -2.49. The van der Waals surface area contributed by atoms with Gasteiger partial charge in [-0.1, -0.05) is 6.42 Å². The van der Waals surface area contributed by atoms with Gasteiger partial charge in [0.1, 0.15) is 0 Å². The van der Waals surface area contributed by atoms with Crippen LogP contribution in [0.5, 0.6) is 0 Å². The van der Waals surface area contributed by atoms with E-state index in [9.17, 15) is 4.79 Å². The maximum absolute atomic E-state index is 12.7. The molecule has 1 atom stereocenters. The molecule has 5 heteroatoms. The number of hydrogen-bond donors (Lipinski definition) is 0. The van der Waals surface area contributed by atoms with E-state index in [1.807, 2.05) is 24.0 Å². The molecule has 0 bridgehead atoms. The molecule has 0 saturated carbocycles. The first kappa shape index (κ1) is 17.9. The summed E-state index contributed by atoms with van der Waals surface area (Å²) in [5.41, 5.74) is 1.63. The fraction of sp³-hybridized carbons (Fsp3) is 0.714. The van der Waals surface area contributed by atoms with E-state index in [4.69, 9.17) is 4.74 Å². The molecule has 3 aliphatic heterocycles. The first-order chi connectivity index (χ1) is 12.7. The van der Waals surface area contributed by atoms with Crippen molar-refractivity contribution >= 4 is 5.91 Å². The Hall–Kier alpha value is -1.46. The molecule has 3 saturated heterocycles. The van der Waals surface area contributed by atoms with Crippen LogP contribution in [-0.2, 0) is 4.74 Å². The number of hydrogen-bond acceptors (Lipinski definition) is 4. The van der Waals surface area contributed by atoms with Gasteiger partial charge in [-0.05, 0) is 70.7 Å². The molecule has 5 nitrogen and oxygen atoms in total. The fourth-order valence-corrected chi connectivity index (χ4v) is 4.84. The van der Waals surface area contributed by atoms with Gasteiger partial charge in [-0.15, -0.1) is 0 Å². The third-order valence-electron chi connectivity index (χ3n) is 6.49. The molecule has 142 valence electrons. The van der Waals surface area contributed by atoms with Gasteiger partial charge in [0.05, 0.1) is 11.2 Å². The van der Waals surface area contributed by atoms with Gasteiger partial charge in [0, 0.05) is 37.6 Å². The number of carbonyl (C=O) groups is 1. The van der Waals surface area contributed by atoms with Gasteiger partial charge in [0.25, 0.3) is 5.91 Å². The Morgan fingerprint density at radius 2 is 1.92 bits per heavy atom. The minimum absolute atomic E-state index is 0.0112. The Labute approximate surface area is 156 Å². The van der Waals surface area contributed by atoms with Crippen molar-refractivity contribution in [2.24, 2.45) is 0 Å². The zero-order valence-electron chi connectivity index (χ0n) is 16.0. The third kappa shape index (κ3) is 3.79. The quantitative estimate of drug-likeness (QED) is 0.816. The van der Waals surface area contributed by atoms with E-state index < -0.39 is 0 Å². The summed E-state index contributed by atoms with van der Waals surface area (Å²) in [6.45, 7) is 6.91. The fourth-order valence-electron chi connectivity index (χ4n) is 4.84. The van der Waals surface area contributed by atoms with E-state index in [2.05, 4.69) is 9.88 Å². The predicted molar refractivity (Wildman–Crippen MR) is 101 cm³/mol. The molecule has 0 aromatic carbocycles.